The van der Waals surface area contributed by atoms with E-state index in [9.17, 15) is 4.79 Å². The van der Waals surface area contributed by atoms with Gasteiger partial charge >= 0.3 is 6.09 Å². The highest BCUT2D eigenvalue weighted by Crippen LogP contribution is 2.43. The van der Waals surface area contributed by atoms with Gasteiger partial charge in [-0.2, -0.15) is 0 Å². The van der Waals surface area contributed by atoms with E-state index in [1.807, 2.05) is 30.3 Å². The number of anilines is 1. The zero-order chi connectivity index (χ0) is 16.8. The first kappa shape index (κ1) is 14.5. The number of ether oxygens (including phenoxy) is 1. The van der Waals surface area contributed by atoms with E-state index in [4.69, 9.17) is 20.6 Å². The van der Waals surface area contributed by atoms with Crippen molar-refractivity contribution in [2.45, 2.75) is 6.92 Å². The summed E-state index contributed by atoms with van der Waals surface area (Å²) < 4.78 is 10.8. The minimum Gasteiger partial charge on any atom is -0.454 e. The van der Waals surface area contributed by atoms with Crippen LogP contribution in [-0.4, -0.2) is 16.1 Å². The number of carbonyl (C=O) groups is 1. The maximum absolute atomic E-state index is 11.0. The maximum Gasteiger partial charge on any atom is 0.410 e. The number of para-hydroxylation sites is 1. The second-order valence-electron chi connectivity index (χ2n) is 5.17. The molecule has 0 atom stereocenters. The number of aryl methyl sites for hydroxylation is 1. The SMILES string of the molecule is Cc1nc(-c2cc3ccccc3o2)c2c(N)c(OC(N)=O)sc2n1. The van der Waals surface area contributed by atoms with Gasteiger partial charge in [-0.05, 0) is 19.1 Å². The molecule has 3 aromatic heterocycles. The number of nitrogens with zero attached hydrogens (tertiary/aromatic N) is 2. The van der Waals surface area contributed by atoms with Crippen LogP contribution in [-0.2, 0) is 0 Å². The molecule has 0 fully saturated rings. The van der Waals surface area contributed by atoms with Crippen LogP contribution in [0.25, 0.3) is 32.6 Å². The molecule has 1 amide bonds. The Morgan fingerprint density at radius 1 is 1.29 bits per heavy atom. The highest BCUT2D eigenvalue weighted by Gasteiger charge is 2.21. The first-order valence-corrected chi connectivity index (χ1v) is 7.87. The number of hydrogen-bond donors (Lipinski definition) is 2. The summed E-state index contributed by atoms with van der Waals surface area (Å²) in [5.74, 6) is 1.13. The molecule has 1 aromatic carbocycles. The van der Waals surface area contributed by atoms with Crippen molar-refractivity contribution >= 4 is 44.3 Å². The minimum absolute atomic E-state index is 0.203. The first-order valence-electron chi connectivity index (χ1n) is 7.06. The highest BCUT2D eigenvalue weighted by atomic mass is 32.1. The predicted octanol–water partition coefficient (Wildman–Crippen LogP) is 3.45. The van der Waals surface area contributed by atoms with Gasteiger partial charge in [-0.25, -0.2) is 14.8 Å². The van der Waals surface area contributed by atoms with Gasteiger partial charge in [0.05, 0.1) is 11.1 Å². The number of primary amides is 1. The molecule has 0 radical (unpaired) electrons. The summed E-state index contributed by atoms with van der Waals surface area (Å²) in [6.07, 6.45) is -0.928. The lowest BCUT2D eigenvalue weighted by Gasteiger charge is -2.02. The molecular weight excluding hydrogens is 328 g/mol. The van der Waals surface area contributed by atoms with Crippen LogP contribution < -0.4 is 16.2 Å². The zero-order valence-corrected chi connectivity index (χ0v) is 13.4. The van der Waals surface area contributed by atoms with E-state index in [0.29, 0.717) is 27.5 Å². The van der Waals surface area contributed by atoms with Crippen LogP contribution in [0.3, 0.4) is 0 Å². The summed E-state index contributed by atoms with van der Waals surface area (Å²) in [6, 6.07) is 9.55. The minimum atomic E-state index is -0.928. The Morgan fingerprint density at radius 3 is 2.83 bits per heavy atom. The Morgan fingerprint density at radius 2 is 2.08 bits per heavy atom. The molecule has 120 valence electrons. The second kappa shape index (κ2) is 5.20. The van der Waals surface area contributed by atoms with Gasteiger partial charge < -0.3 is 20.6 Å². The number of aromatic nitrogens is 2. The lowest BCUT2D eigenvalue weighted by atomic mass is 10.2. The topological polar surface area (TPSA) is 117 Å². The van der Waals surface area contributed by atoms with Gasteiger partial charge in [0, 0.05) is 5.39 Å². The number of nitrogen functional groups attached to an aromatic ring is 1. The van der Waals surface area contributed by atoms with Gasteiger partial charge in [-0.1, -0.05) is 29.5 Å². The first-order chi connectivity index (χ1) is 11.5. The summed E-state index contributed by atoms with van der Waals surface area (Å²) in [4.78, 5) is 20.5. The molecular formula is C16H12N4O3S. The highest BCUT2D eigenvalue weighted by molar-refractivity contribution is 7.21. The van der Waals surface area contributed by atoms with Gasteiger partial charge in [-0.15, -0.1) is 0 Å². The number of nitrogens with two attached hydrogens (primary N) is 2. The van der Waals surface area contributed by atoms with Crippen LogP contribution in [0.2, 0.25) is 0 Å². The van der Waals surface area contributed by atoms with E-state index in [1.165, 1.54) is 0 Å². The van der Waals surface area contributed by atoms with Crippen molar-refractivity contribution in [3.05, 3.63) is 36.2 Å². The molecule has 4 rings (SSSR count). The van der Waals surface area contributed by atoms with Crippen LogP contribution in [0.1, 0.15) is 5.82 Å². The fourth-order valence-electron chi connectivity index (χ4n) is 2.55. The summed E-state index contributed by atoms with van der Waals surface area (Å²) in [6.45, 7) is 1.77. The third-order valence-corrected chi connectivity index (χ3v) is 4.50. The van der Waals surface area contributed by atoms with E-state index in [1.54, 1.807) is 6.92 Å². The van der Waals surface area contributed by atoms with E-state index in [2.05, 4.69) is 9.97 Å². The summed E-state index contributed by atoms with van der Waals surface area (Å²) in [5.41, 5.74) is 12.8. The van der Waals surface area contributed by atoms with Crippen molar-refractivity contribution in [3.8, 4) is 16.5 Å². The van der Waals surface area contributed by atoms with Gasteiger partial charge in [-0.3, -0.25) is 0 Å². The van der Waals surface area contributed by atoms with Crippen LogP contribution in [0.5, 0.6) is 5.06 Å². The smallest absolute Gasteiger partial charge is 0.410 e. The van der Waals surface area contributed by atoms with E-state index in [0.717, 1.165) is 22.3 Å². The third kappa shape index (κ3) is 2.24. The Kier molecular flexibility index (Phi) is 3.14. The second-order valence-corrected chi connectivity index (χ2v) is 6.13. The molecule has 0 saturated carbocycles. The number of amides is 1. The molecule has 4 aromatic rings. The molecule has 0 aliphatic carbocycles. The average Bonchev–Trinajstić information content (AvgIpc) is 3.08. The number of carbonyl (C=O) groups excluding carboxylic acids is 1. The molecule has 0 unspecified atom stereocenters. The molecule has 0 aliphatic heterocycles. The molecule has 8 heteroatoms. The van der Waals surface area contributed by atoms with Gasteiger partial charge in [0.2, 0.25) is 5.06 Å². The Balaban J connectivity index is 2.00. The van der Waals surface area contributed by atoms with E-state index in [-0.39, 0.29) is 10.8 Å². The Labute approximate surface area is 139 Å². The molecule has 24 heavy (non-hydrogen) atoms. The van der Waals surface area contributed by atoms with Gasteiger partial charge in [0.15, 0.2) is 5.76 Å². The van der Waals surface area contributed by atoms with Crippen molar-refractivity contribution in [2.24, 2.45) is 5.73 Å². The largest absolute Gasteiger partial charge is 0.454 e. The quantitative estimate of drug-likeness (QED) is 0.577. The molecule has 4 N–H and O–H groups in total. The molecule has 0 aliphatic rings. The summed E-state index contributed by atoms with van der Waals surface area (Å²) in [7, 11) is 0. The van der Waals surface area contributed by atoms with Crippen molar-refractivity contribution in [3.63, 3.8) is 0 Å². The summed E-state index contributed by atoms with van der Waals surface area (Å²) >= 11 is 1.14. The predicted molar refractivity (Wildman–Crippen MR) is 92.0 cm³/mol. The van der Waals surface area contributed by atoms with E-state index < -0.39 is 6.09 Å². The van der Waals surface area contributed by atoms with Crippen molar-refractivity contribution in [1.82, 2.24) is 9.97 Å². The number of benzene rings is 1. The van der Waals surface area contributed by atoms with Crippen LogP contribution in [0, 0.1) is 6.92 Å². The molecule has 0 saturated heterocycles. The van der Waals surface area contributed by atoms with Gasteiger partial charge in [0.1, 0.15) is 21.9 Å². The third-order valence-electron chi connectivity index (χ3n) is 3.52. The fraction of sp³-hybridized carbons (Fsp3) is 0.0625. The summed E-state index contributed by atoms with van der Waals surface area (Å²) in [5, 5.41) is 1.75. The Hall–Kier alpha value is -3.13. The number of furan rings is 1. The number of thiophene rings is 1. The lowest BCUT2D eigenvalue weighted by molar-refractivity contribution is 0.212. The number of rotatable bonds is 2. The van der Waals surface area contributed by atoms with Crippen LogP contribution in [0.4, 0.5) is 10.5 Å². The van der Waals surface area contributed by atoms with E-state index >= 15 is 0 Å². The van der Waals surface area contributed by atoms with Crippen LogP contribution >= 0.6 is 11.3 Å². The molecule has 0 bridgehead atoms. The Bertz CT molecular complexity index is 1070. The van der Waals surface area contributed by atoms with Crippen molar-refractivity contribution in [1.29, 1.82) is 0 Å². The number of fused-ring (bicyclic) bond motifs is 2. The van der Waals surface area contributed by atoms with Crippen molar-refractivity contribution in [2.75, 3.05) is 5.73 Å². The monoisotopic (exact) mass is 340 g/mol. The average molecular weight is 340 g/mol. The molecule has 3 heterocycles. The standard InChI is InChI=1S/C16H12N4O3S/c1-7-19-13(10-6-8-4-2-3-5-9(8)22-10)11-12(17)15(23-16(18)21)24-14(11)20-7/h2-6H,17H2,1H3,(H2,18,21). The maximum atomic E-state index is 11.0. The van der Waals surface area contributed by atoms with Gasteiger partial charge in [0.25, 0.3) is 0 Å². The molecule has 0 spiro atoms. The normalized spacial score (nSPS) is 11.2. The van der Waals surface area contributed by atoms with Crippen molar-refractivity contribution < 1.29 is 13.9 Å². The lowest BCUT2D eigenvalue weighted by Crippen LogP contribution is -2.16. The van der Waals surface area contributed by atoms with Crippen LogP contribution in [0.15, 0.2) is 34.7 Å². The molecule has 7 nitrogen and oxygen atoms in total. The zero-order valence-electron chi connectivity index (χ0n) is 12.6. The fourth-order valence-corrected chi connectivity index (χ4v) is 3.55. The number of hydrogen-bond acceptors (Lipinski definition) is 7.